The van der Waals surface area contributed by atoms with Crippen LogP contribution in [0, 0.1) is 5.41 Å². The lowest BCUT2D eigenvalue weighted by molar-refractivity contribution is -0.904. The molecule has 3 heteroatoms. The second kappa shape index (κ2) is 3.17. The van der Waals surface area contributed by atoms with Crippen molar-refractivity contribution in [2.75, 3.05) is 0 Å². The number of rotatable bonds is 1. The summed E-state index contributed by atoms with van der Waals surface area (Å²) in [7, 11) is 0. The van der Waals surface area contributed by atoms with Gasteiger partial charge in [0.2, 0.25) is 12.4 Å². The largest absolute Gasteiger partial charge is 0.294 e. The molecular formula is C10H14NO2+. The summed E-state index contributed by atoms with van der Waals surface area (Å²) in [5.41, 5.74) is 0.250. The van der Waals surface area contributed by atoms with Crippen molar-refractivity contribution in [3.8, 4) is 0 Å². The first kappa shape index (κ1) is 9.71. The zero-order valence-corrected chi connectivity index (χ0v) is 8.11. The fourth-order valence-electron chi connectivity index (χ4n) is 1.00. The van der Waals surface area contributed by atoms with Gasteiger partial charge < -0.3 is 0 Å². The first-order valence-electron chi connectivity index (χ1n) is 4.16. The molecule has 0 bridgehead atoms. The van der Waals surface area contributed by atoms with Crippen LogP contribution in [0.4, 0.5) is 0 Å². The van der Waals surface area contributed by atoms with Gasteiger partial charge in [-0.25, -0.2) is 0 Å². The number of nitrogens with zero attached hydrogens (tertiary/aromatic N) is 1. The number of pyridine rings is 1. The molecule has 0 atom stereocenters. The van der Waals surface area contributed by atoms with Crippen molar-refractivity contribution in [2.45, 2.75) is 20.8 Å². The van der Waals surface area contributed by atoms with Crippen LogP contribution in [0.25, 0.3) is 0 Å². The first-order chi connectivity index (χ1) is 5.91. The maximum atomic E-state index is 11.7. The van der Waals surface area contributed by atoms with Crippen molar-refractivity contribution in [2.24, 2.45) is 5.41 Å². The van der Waals surface area contributed by atoms with Crippen LogP contribution in [0.3, 0.4) is 0 Å². The molecule has 70 valence electrons. The zero-order valence-electron chi connectivity index (χ0n) is 8.11. The Morgan fingerprint density at radius 2 is 1.77 bits per heavy atom. The quantitative estimate of drug-likeness (QED) is 0.403. The van der Waals surface area contributed by atoms with Crippen molar-refractivity contribution in [1.29, 1.82) is 0 Å². The molecule has 1 aromatic heterocycles. The number of aromatic nitrogens is 1. The van der Waals surface area contributed by atoms with E-state index in [1.807, 2.05) is 20.8 Å². The Hall–Kier alpha value is -1.38. The molecule has 1 rings (SSSR count). The summed E-state index contributed by atoms with van der Waals surface area (Å²) in [6.45, 7) is 5.61. The molecule has 0 unspecified atom stereocenters. The molecule has 0 fully saturated rings. The van der Waals surface area contributed by atoms with Crippen molar-refractivity contribution in [3.05, 3.63) is 30.1 Å². The zero-order chi connectivity index (χ0) is 10.1. The highest BCUT2D eigenvalue weighted by atomic mass is 16.5. The lowest BCUT2D eigenvalue weighted by Gasteiger charge is -2.15. The van der Waals surface area contributed by atoms with E-state index in [0.717, 1.165) is 4.73 Å². The van der Waals surface area contributed by atoms with E-state index in [4.69, 9.17) is 5.21 Å². The summed E-state index contributed by atoms with van der Waals surface area (Å²) in [5.74, 6) is 0.0769. The van der Waals surface area contributed by atoms with Crippen LogP contribution in [0.1, 0.15) is 31.1 Å². The van der Waals surface area contributed by atoms with E-state index in [1.165, 1.54) is 12.4 Å². The van der Waals surface area contributed by atoms with E-state index in [2.05, 4.69) is 0 Å². The van der Waals surface area contributed by atoms with Gasteiger partial charge in [-0.1, -0.05) is 20.8 Å². The van der Waals surface area contributed by atoms with Gasteiger partial charge in [0.15, 0.2) is 5.78 Å². The summed E-state index contributed by atoms with van der Waals surface area (Å²) < 4.78 is 0.916. The third-order valence-electron chi connectivity index (χ3n) is 1.76. The van der Waals surface area contributed by atoms with Gasteiger partial charge in [0.05, 0.1) is 0 Å². The fourth-order valence-corrected chi connectivity index (χ4v) is 1.00. The summed E-state index contributed by atoms with van der Waals surface area (Å²) in [6, 6.07) is 3.21. The molecule has 0 amide bonds. The highest BCUT2D eigenvalue weighted by Crippen LogP contribution is 2.19. The molecule has 1 aromatic rings. The molecule has 0 saturated heterocycles. The van der Waals surface area contributed by atoms with Gasteiger partial charge in [-0.2, -0.15) is 0 Å². The molecule has 1 heterocycles. The van der Waals surface area contributed by atoms with Gasteiger partial charge in [-0.05, 0) is 0 Å². The van der Waals surface area contributed by atoms with Gasteiger partial charge in [0.1, 0.15) is 0 Å². The Bertz CT molecular complexity index is 309. The highest BCUT2D eigenvalue weighted by molar-refractivity contribution is 5.99. The second-order valence-corrected chi connectivity index (χ2v) is 4.05. The Kier molecular flexibility index (Phi) is 2.36. The van der Waals surface area contributed by atoms with Crippen molar-refractivity contribution >= 4 is 5.78 Å². The molecule has 1 N–H and O–H groups in total. The lowest BCUT2D eigenvalue weighted by Crippen LogP contribution is -2.29. The molecule has 3 nitrogen and oxygen atoms in total. The smallest absolute Gasteiger partial charge is 0.222 e. The van der Waals surface area contributed by atoms with Crippen LogP contribution in [-0.2, 0) is 0 Å². The average Bonchev–Trinajstić information content (AvgIpc) is 2.03. The van der Waals surface area contributed by atoms with E-state index >= 15 is 0 Å². The summed E-state index contributed by atoms with van der Waals surface area (Å²) in [4.78, 5) is 11.7. The van der Waals surface area contributed by atoms with Crippen LogP contribution in [0.2, 0.25) is 0 Å². The summed E-state index contributed by atoms with van der Waals surface area (Å²) >= 11 is 0. The van der Waals surface area contributed by atoms with Crippen LogP contribution < -0.4 is 4.73 Å². The van der Waals surface area contributed by atoms with Gasteiger partial charge in [-0.15, -0.1) is 0 Å². The number of hydrogen-bond donors (Lipinski definition) is 1. The third kappa shape index (κ3) is 2.28. The minimum absolute atomic E-state index is 0.0769. The Balaban J connectivity index is 2.97. The first-order valence-corrected chi connectivity index (χ1v) is 4.16. The van der Waals surface area contributed by atoms with Crippen LogP contribution >= 0.6 is 0 Å². The normalized spacial score (nSPS) is 11.3. The predicted octanol–water partition coefficient (Wildman–Crippen LogP) is 1.44. The Morgan fingerprint density at radius 1 is 1.31 bits per heavy atom. The van der Waals surface area contributed by atoms with E-state index in [1.54, 1.807) is 12.1 Å². The topological polar surface area (TPSA) is 41.2 Å². The Labute approximate surface area is 77.6 Å². The number of Topliss-reactive ketones (excluding diaryl/α,β-unsaturated/α-hetero) is 1. The minimum atomic E-state index is -0.373. The monoisotopic (exact) mass is 180 g/mol. The molecule has 0 aliphatic heterocycles. The number of carbonyl (C=O) groups is 1. The highest BCUT2D eigenvalue weighted by Gasteiger charge is 2.23. The molecule has 0 saturated carbocycles. The SMILES string of the molecule is CC(C)(C)C(=O)c1cc[n+](O)cc1. The van der Waals surface area contributed by atoms with E-state index < -0.39 is 0 Å². The van der Waals surface area contributed by atoms with Crippen LogP contribution in [0.15, 0.2) is 24.5 Å². The van der Waals surface area contributed by atoms with E-state index in [-0.39, 0.29) is 11.2 Å². The molecule has 0 radical (unpaired) electrons. The fraction of sp³-hybridized carbons (Fsp3) is 0.400. The van der Waals surface area contributed by atoms with Gasteiger partial charge >= 0.3 is 0 Å². The van der Waals surface area contributed by atoms with Crippen molar-refractivity contribution in [3.63, 3.8) is 0 Å². The maximum Gasteiger partial charge on any atom is 0.222 e. The molecule has 0 aliphatic rings. The molecular weight excluding hydrogens is 166 g/mol. The number of carbonyl (C=O) groups excluding carboxylic acids is 1. The predicted molar refractivity (Wildman–Crippen MR) is 47.6 cm³/mol. The minimum Gasteiger partial charge on any atom is -0.294 e. The Morgan fingerprint density at radius 3 is 2.15 bits per heavy atom. The van der Waals surface area contributed by atoms with Gasteiger partial charge in [-0.3, -0.25) is 10.0 Å². The second-order valence-electron chi connectivity index (χ2n) is 4.05. The number of ketones is 1. The lowest BCUT2D eigenvalue weighted by atomic mass is 9.87. The van der Waals surface area contributed by atoms with Crippen LogP contribution in [-0.4, -0.2) is 11.0 Å². The number of hydrogen-bond acceptors (Lipinski definition) is 2. The molecule has 0 aromatic carbocycles. The van der Waals surface area contributed by atoms with Crippen molar-refractivity contribution in [1.82, 2.24) is 0 Å². The average molecular weight is 180 g/mol. The molecule has 0 spiro atoms. The van der Waals surface area contributed by atoms with E-state index in [0.29, 0.717) is 5.56 Å². The summed E-state index contributed by atoms with van der Waals surface area (Å²) in [6.07, 6.45) is 2.89. The van der Waals surface area contributed by atoms with E-state index in [9.17, 15) is 4.79 Å². The standard InChI is InChI=1S/C10H14NO2/c1-10(2,3)9(12)8-4-6-11(13)7-5-8/h4-7,13H,1-3H3/q+1. The van der Waals surface area contributed by atoms with Crippen molar-refractivity contribution < 1.29 is 14.7 Å². The van der Waals surface area contributed by atoms with Crippen LogP contribution in [0.5, 0.6) is 0 Å². The molecule has 0 aliphatic carbocycles. The third-order valence-corrected chi connectivity index (χ3v) is 1.76. The maximum absolute atomic E-state index is 11.7. The van der Waals surface area contributed by atoms with Gasteiger partial charge in [0, 0.05) is 27.8 Å². The summed E-state index contributed by atoms with van der Waals surface area (Å²) in [5, 5.41) is 8.95. The molecule has 13 heavy (non-hydrogen) atoms. The van der Waals surface area contributed by atoms with Gasteiger partial charge in [0.25, 0.3) is 0 Å².